The number of pyridine rings is 1. The number of hydrogen-bond donors (Lipinski definition) is 2. The smallest absolute Gasteiger partial charge is 0.328 e. The minimum Gasteiger partial charge on any atom is -0.478 e. The SMILES string of the molecule is O=C(O)/C=C/c1cnc2c(c1)CN(CCN1CCOCC1)CC(=O)N2. The van der Waals surface area contributed by atoms with Gasteiger partial charge >= 0.3 is 5.97 Å². The first kappa shape index (κ1) is 17.5. The van der Waals surface area contributed by atoms with Crippen molar-refractivity contribution in [2.75, 3.05) is 51.3 Å². The van der Waals surface area contributed by atoms with Crippen molar-refractivity contribution >= 4 is 23.8 Å². The minimum atomic E-state index is -1.00. The molecule has 3 rings (SSSR count). The number of rotatable bonds is 5. The van der Waals surface area contributed by atoms with Gasteiger partial charge in [-0.15, -0.1) is 0 Å². The highest BCUT2D eigenvalue weighted by molar-refractivity contribution is 5.93. The summed E-state index contributed by atoms with van der Waals surface area (Å²) in [6.45, 7) is 5.94. The van der Waals surface area contributed by atoms with Gasteiger partial charge < -0.3 is 15.2 Å². The van der Waals surface area contributed by atoms with Crippen LogP contribution in [0.2, 0.25) is 0 Å². The first-order valence-electron chi connectivity index (χ1n) is 8.32. The Balaban J connectivity index is 1.68. The lowest BCUT2D eigenvalue weighted by Gasteiger charge is -2.29. The molecule has 0 radical (unpaired) electrons. The van der Waals surface area contributed by atoms with Crippen molar-refractivity contribution in [3.05, 3.63) is 29.5 Å². The summed E-state index contributed by atoms with van der Waals surface area (Å²) in [7, 11) is 0. The second kappa shape index (κ2) is 8.19. The fourth-order valence-electron chi connectivity index (χ4n) is 2.96. The predicted molar refractivity (Wildman–Crippen MR) is 92.1 cm³/mol. The number of hydrogen-bond acceptors (Lipinski definition) is 6. The molecule has 1 saturated heterocycles. The summed E-state index contributed by atoms with van der Waals surface area (Å²) >= 11 is 0. The maximum atomic E-state index is 12.1. The second-order valence-corrected chi connectivity index (χ2v) is 6.16. The van der Waals surface area contributed by atoms with E-state index in [1.165, 1.54) is 6.08 Å². The summed E-state index contributed by atoms with van der Waals surface area (Å²) < 4.78 is 5.35. The fraction of sp³-hybridized carbons (Fsp3) is 0.471. The van der Waals surface area contributed by atoms with Crippen LogP contribution < -0.4 is 5.32 Å². The van der Waals surface area contributed by atoms with E-state index in [0.717, 1.165) is 51.0 Å². The topological polar surface area (TPSA) is 95.0 Å². The van der Waals surface area contributed by atoms with Crippen LogP contribution in [0.25, 0.3) is 6.08 Å². The second-order valence-electron chi connectivity index (χ2n) is 6.16. The van der Waals surface area contributed by atoms with Gasteiger partial charge in [0.1, 0.15) is 5.82 Å². The molecule has 0 atom stereocenters. The molecule has 8 heteroatoms. The van der Waals surface area contributed by atoms with Gasteiger partial charge in [0.15, 0.2) is 0 Å². The van der Waals surface area contributed by atoms with Crippen molar-refractivity contribution in [3.8, 4) is 0 Å². The van der Waals surface area contributed by atoms with Gasteiger partial charge in [-0.1, -0.05) is 0 Å². The van der Waals surface area contributed by atoms with Gasteiger partial charge in [0.25, 0.3) is 0 Å². The zero-order valence-corrected chi connectivity index (χ0v) is 14.0. The van der Waals surface area contributed by atoms with Crippen LogP contribution in [-0.4, -0.2) is 77.7 Å². The molecule has 0 saturated carbocycles. The van der Waals surface area contributed by atoms with E-state index in [1.807, 2.05) is 6.07 Å². The molecule has 1 aromatic rings. The number of carbonyl (C=O) groups excluding carboxylic acids is 1. The summed E-state index contributed by atoms with van der Waals surface area (Å²) in [5, 5.41) is 11.6. The lowest BCUT2D eigenvalue weighted by Crippen LogP contribution is -2.42. The molecule has 0 unspecified atom stereocenters. The number of nitrogens with zero attached hydrogens (tertiary/aromatic N) is 3. The van der Waals surface area contributed by atoms with E-state index in [9.17, 15) is 9.59 Å². The van der Waals surface area contributed by atoms with Crippen LogP contribution in [0.4, 0.5) is 5.82 Å². The first-order valence-corrected chi connectivity index (χ1v) is 8.32. The van der Waals surface area contributed by atoms with Crippen LogP contribution >= 0.6 is 0 Å². The van der Waals surface area contributed by atoms with Crippen molar-refractivity contribution in [1.29, 1.82) is 0 Å². The average molecular weight is 346 g/mol. The van der Waals surface area contributed by atoms with Gasteiger partial charge in [-0.05, 0) is 17.7 Å². The maximum Gasteiger partial charge on any atom is 0.328 e. The van der Waals surface area contributed by atoms with Gasteiger partial charge in [-0.3, -0.25) is 14.6 Å². The van der Waals surface area contributed by atoms with Crippen molar-refractivity contribution < 1.29 is 19.4 Å². The number of carboxylic acid groups (broad SMARTS) is 1. The van der Waals surface area contributed by atoms with E-state index in [-0.39, 0.29) is 5.91 Å². The molecule has 2 N–H and O–H groups in total. The summed E-state index contributed by atoms with van der Waals surface area (Å²) in [6.07, 6.45) is 4.14. The predicted octanol–water partition coefficient (Wildman–Crippen LogP) is 0.266. The van der Waals surface area contributed by atoms with E-state index in [2.05, 4.69) is 20.1 Å². The highest BCUT2D eigenvalue weighted by atomic mass is 16.5. The number of aromatic nitrogens is 1. The monoisotopic (exact) mass is 346 g/mol. The molecule has 134 valence electrons. The standard InChI is InChI=1S/C17H22N4O4/c22-15-12-21(4-3-20-5-7-25-8-6-20)11-14-9-13(1-2-16(23)24)10-18-17(14)19-15/h1-2,9-10H,3-8,11-12H2,(H,23,24)(H,18,19,22)/b2-1+. The quantitative estimate of drug-likeness (QED) is 0.739. The number of carbonyl (C=O) groups is 2. The Morgan fingerprint density at radius 2 is 2.04 bits per heavy atom. The number of anilines is 1. The number of carboxylic acids is 1. The Morgan fingerprint density at radius 1 is 1.28 bits per heavy atom. The first-order chi connectivity index (χ1) is 12.1. The van der Waals surface area contributed by atoms with Gasteiger partial charge in [0.2, 0.25) is 5.91 Å². The third kappa shape index (κ3) is 5.09. The zero-order chi connectivity index (χ0) is 17.6. The highest BCUT2D eigenvalue weighted by Gasteiger charge is 2.21. The molecule has 1 aromatic heterocycles. The molecule has 3 heterocycles. The van der Waals surface area contributed by atoms with Crippen LogP contribution in [0.5, 0.6) is 0 Å². The lowest BCUT2D eigenvalue weighted by molar-refractivity contribution is -0.131. The summed E-state index contributed by atoms with van der Waals surface area (Å²) in [4.78, 5) is 31.4. The Morgan fingerprint density at radius 3 is 2.80 bits per heavy atom. The zero-order valence-electron chi connectivity index (χ0n) is 14.0. The Hall–Kier alpha value is -2.29. The fourth-order valence-corrected chi connectivity index (χ4v) is 2.96. The van der Waals surface area contributed by atoms with Crippen LogP contribution in [0.1, 0.15) is 11.1 Å². The van der Waals surface area contributed by atoms with E-state index in [4.69, 9.17) is 9.84 Å². The van der Waals surface area contributed by atoms with Crippen LogP contribution in [-0.2, 0) is 20.9 Å². The van der Waals surface area contributed by atoms with Crippen molar-refractivity contribution in [2.24, 2.45) is 0 Å². The number of ether oxygens (including phenoxy) is 1. The van der Waals surface area contributed by atoms with Crippen LogP contribution in [0, 0.1) is 0 Å². The van der Waals surface area contributed by atoms with E-state index in [1.54, 1.807) is 6.20 Å². The van der Waals surface area contributed by atoms with Gasteiger partial charge in [0.05, 0.1) is 19.8 Å². The van der Waals surface area contributed by atoms with E-state index in [0.29, 0.717) is 24.5 Å². The molecule has 2 aliphatic rings. The summed E-state index contributed by atoms with van der Waals surface area (Å²) in [5.41, 5.74) is 1.59. The molecule has 2 aliphatic heterocycles. The third-order valence-electron chi connectivity index (χ3n) is 4.26. The van der Waals surface area contributed by atoms with Gasteiger partial charge in [-0.2, -0.15) is 0 Å². The van der Waals surface area contributed by atoms with Crippen molar-refractivity contribution in [3.63, 3.8) is 0 Å². The minimum absolute atomic E-state index is 0.0814. The maximum absolute atomic E-state index is 12.1. The van der Waals surface area contributed by atoms with Gasteiger partial charge in [-0.25, -0.2) is 9.78 Å². The molecule has 1 fully saturated rings. The molecule has 1 amide bonds. The molecule has 25 heavy (non-hydrogen) atoms. The number of nitrogens with one attached hydrogen (secondary N) is 1. The summed E-state index contributed by atoms with van der Waals surface area (Å²) in [5.74, 6) is -0.538. The van der Waals surface area contributed by atoms with Crippen LogP contribution in [0.3, 0.4) is 0 Å². The van der Waals surface area contributed by atoms with Crippen molar-refractivity contribution in [1.82, 2.24) is 14.8 Å². The number of amides is 1. The normalized spacial score (nSPS) is 19.4. The molecule has 0 spiro atoms. The lowest BCUT2D eigenvalue weighted by atomic mass is 10.1. The number of morpholine rings is 1. The average Bonchev–Trinajstić information content (AvgIpc) is 2.76. The number of aliphatic carboxylic acids is 1. The van der Waals surface area contributed by atoms with Gasteiger partial charge in [0, 0.05) is 50.6 Å². The number of fused-ring (bicyclic) bond motifs is 1. The Kier molecular flexibility index (Phi) is 5.75. The Bertz CT molecular complexity index is 671. The largest absolute Gasteiger partial charge is 0.478 e. The molecule has 8 nitrogen and oxygen atoms in total. The third-order valence-corrected chi connectivity index (χ3v) is 4.26. The molecular weight excluding hydrogens is 324 g/mol. The van der Waals surface area contributed by atoms with E-state index >= 15 is 0 Å². The molecule has 0 bridgehead atoms. The molecule has 0 aromatic carbocycles. The Labute approximate surface area is 146 Å². The highest BCUT2D eigenvalue weighted by Crippen LogP contribution is 2.20. The molecular formula is C17H22N4O4. The summed E-state index contributed by atoms with van der Waals surface area (Å²) in [6, 6.07) is 1.87. The van der Waals surface area contributed by atoms with Crippen LogP contribution in [0.15, 0.2) is 18.3 Å². The van der Waals surface area contributed by atoms with Crippen molar-refractivity contribution in [2.45, 2.75) is 6.54 Å². The molecule has 0 aliphatic carbocycles. The van der Waals surface area contributed by atoms with E-state index < -0.39 is 5.97 Å².